The number of hydrogen-bond acceptors (Lipinski definition) is 3. The van der Waals surface area contributed by atoms with Gasteiger partial charge in [-0.1, -0.05) is 27.2 Å². The van der Waals surface area contributed by atoms with Crippen LogP contribution in [0.15, 0.2) is 37.1 Å². The SMILES string of the molecule is CCC(C)CC(CC)Nc1ccc(-n2ccnc2)nc1. The first-order valence-corrected chi connectivity index (χ1v) is 7.43. The number of rotatable bonds is 7. The van der Waals surface area contributed by atoms with Gasteiger partial charge in [0.2, 0.25) is 0 Å². The summed E-state index contributed by atoms with van der Waals surface area (Å²) in [7, 11) is 0. The quantitative estimate of drug-likeness (QED) is 0.831. The highest BCUT2D eigenvalue weighted by atomic mass is 15.1. The van der Waals surface area contributed by atoms with Crippen molar-refractivity contribution in [2.45, 2.75) is 46.1 Å². The van der Waals surface area contributed by atoms with E-state index in [-0.39, 0.29) is 0 Å². The smallest absolute Gasteiger partial charge is 0.137 e. The Kier molecular flexibility index (Phi) is 5.16. The van der Waals surface area contributed by atoms with E-state index in [1.807, 2.05) is 23.0 Å². The molecule has 4 nitrogen and oxygen atoms in total. The molecule has 0 saturated carbocycles. The standard InChI is InChI=1S/C16H24N4/c1-4-13(3)10-14(5-2)19-15-6-7-16(18-11-15)20-9-8-17-12-20/h6-9,11-14,19H,4-5,10H2,1-3H3. The Morgan fingerprint density at radius 2 is 2.10 bits per heavy atom. The summed E-state index contributed by atoms with van der Waals surface area (Å²) >= 11 is 0. The molecule has 0 aliphatic carbocycles. The molecular formula is C16H24N4. The predicted octanol–water partition coefficient (Wildman–Crippen LogP) is 3.89. The molecule has 0 spiro atoms. The monoisotopic (exact) mass is 272 g/mol. The molecule has 2 aromatic heterocycles. The van der Waals surface area contributed by atoms with Gasteiger partial charge in [-0.15, -0.1) is 0 Å². The first kappa shape index (κ1) is 14.6. The molecule has 108 valence electrons. The number of pyridine rings is 1. The molecule has 0 fully saturated rings. The van der Waals surface area contributed by atoms with E-state index in [4.69, 9.17) is 0 Å². The number of nitrogens with zero attached hydrogens (tertiary/aromatic N) is 3. The largest absolute Gasteiger partial charge is 0.381 e. The van der Waals surface area contributed by atoms with Crippen LogP contribution in [0.5, 0.6) is 0 Å². The van der Waals surface area contributed by atoms with Gasteiger partial charge in [0.25, 0.3) is 0 Å². The third-order valence-corrected chi connectivity index (χ3v) is 3.76. The van der Waals surface area contributed by atoms with Crippen molar-refractivity contribution in [2.24, 2.45) is 5.92 Å². The number of imidazole rings is 1. The summed E-state index contributed by atoms with van der Waals surface area (Å²) in [4.78, 5) is 8.50. The van der Waals surface area contributed by atoms with Crippen molar-refractivity contribution in [3.63, 3.8) is 0 Å². The van der Waals surface area contributed by atoms with Gasteiger partial charge in [-0.25, -0.2) is 9.97 Å². The van der Waals surface area contributed by atoms with Gasteiger partial charge in [0.15, 0.2) is 0 Å². The molecule has 2 rings (SSSR count). The van der Waals surface area contributed by atoms with E-state index in [9.17, 15) is 0 Å². The molecule has 0 aromatic carbocycles. The minimum atomic E-state index is 0.519. The topological polar surface area (TPSA) is 42.7 Å². The van der Waals surface area contributed by atoms with Crippen LogP contribution in [0.2, 0.25) is 0 Å². The summed E-state index contributed by atoms with van der Waals surface area (Å²) < 4.78 is 1.90. The minimum Gasteiger partial charge on any atom is -0.381 e. The molecule has 20 heavy (non-hydrogen) atoms. The van der Waals surface area contributed by atoms with Crippen LogP contribution in [-0.4, -0.2) is 20.6 Å². The Bertz CT molecular complexity index is 490. The Labute approximate surface area is 121 Å². The predicted molar refractivity (Wildman–Crippen MR) is 83.1 cm³/mol. The van der Waals surface area contributed by atoms with Crippen LogP contribution in [0.25, 0.3) is 5.82 Å². The summed E-state index contributed by atoms with van der Waals surface area (Å²) in [6, 6.07) is 4.62. The van der Waals surface area contributed by atoms with Crippen LogP contribution >= 0.6 is 0 Å². The maximum Gasteiger partial charge on any atom is 0.137 e. The summed E-state index contributed by atoms with van der Waals surface area (Å²) in [5.41, 5.74) is 1.09. The molecule has 4 heteroatoms. The van der Waals surface area contributed by atoms with Gasteiger partial charge < -0.3 is 5.32 Å². The maximum atomic E-state index is 4.47. The summed E-state index contributed by atoms with van der Waals surface area (Å²) in [6.07, 6.45) is 10.9. The van der Waals surface area contributed by atoms with E-state index >= 15 is 0 Å². The van der Waals surface area contributed by atoms with Crippen molar-refractivity contribution < 1.29 is 0 Å². The summed E-state index contributed by atoms with van der Waals surface area (Å²) in [5.74, 6) is 1.65. The molecule has 0 bridgehead atoms. The average Bonchev–Trinajstić information content (AvgIpc) is 3.01. The van der Waals surface area contributed by atoms with Crippen LogP contribution < -0.4 is 5.32 Å². The summed E-state index contributed by atoms with van der Waals surface area (Å²) in [6.45, 7) is 6.79. The molecule has 2 atom stereocenters. The third kappa shape index (κ3) is 3.83. The summed E-state index contributed by atoms with van der Waals surface area (Å²) in [5, 5.41) is 3.58. The van der Waals surface area contributed by atoms with Crippen LogP contribution in [-0.2, 0) is 0 Å². The lowest BCUT2D eigenvalue weighted by Crippen LogP contribution is -2.21. The van der Waals surface area contributed by atoms with Gasteiger partial charge in [-0.3, -0.25) is 4.57 Å². The fraction of sp³-hybridized carbons (Fsp3) is 0.500. The van der Waals surface area contributed by atoms with Crippen molar-refractivity contribution in [1.29, 1.82) is 0 Å². The molecular weight excluding hydrogens is 248 g/mol. The van der Waals surface area contributed by atoms with Crippen molar-refractivity contribution in [3.05, 3.63) is 37.1 Å². The molecule has 2 aromatic rings. The van der Waals surface area contributed by atoms with Gasteiger partial charge in [0.1, 0.15) is 12.1 Å². The second-order valence-electron chi connectivity index (χ2n) is 5.37. The van der Waals surface area contributed by atoms with Crippen LogP contribution in [0.1, 0.15) is 40.0 Å². The van der Waals surface area contributed by atoms with E-state index in [1.165, 1.54) is 12.8 Å². The Balaban J connectivity index is 1.99. The number of anilines is 1. The lowest BCUT2D eigenvalue weighted by molar-refractivity contribution is 0.461. The number of aromatic nitrogens is 3. The Morgan fingerprint density at radius 3 is 2.65 bits per heavy atom. The zero-order valence-electron chi connectivity index (χ0n) is 12.6. The third-order valence-electron chi connectivity index (χ3n) is 3.76. The van der Waals surface area contributed by atoms with Gasteiger partial charge in [-0.05, 0) is 30.9 Å². The Morgan fingerprint density at radius 1 is 1.25 bits per heavy atom. The highest BCUT2D eigenvalue weighted by Gasteiger charge is 2.10. The average molecular weight is 272 g/mol. The fourth-order valence-corrected chi connectivity index (χ4v) is 2.23. The van der Waals surface area contributed by atoms with E-state index in [0.717, 1.165) is 23.8 Å². The van der Waals surface area contributed by atoms with Gasteiger partial charge in [0.05, 0.1) is 11.9 Å². The number of nitrogens with one attached hydrogen (secondary N) is 1. The van der Waals surface area contributed by atoms with Crippen LogP contribution in [0, 0.1) is 5.92 Å². The molecule has 0 saturated heterocycles. The van der Waals surface area contributed by atoms with Crippen molar-refractivity contribution in [1.82, 2.24) is 14.5 Å². The van der Waals surface area contributed by atoms with Gasteiger partial charge in [-0.2, -0.15) is 0 Å². The van der Waals surface area contributed by atoms with E-state index in [0.29, 0.717) is 6.04 Å². The molecule has 2 heterocycles. The zero-order valence-corrected chi connectivity index (χ0v) is 12.6. The molecule has 0 radical (unpaired) electrons. The second-order valence-corrected chi connectivity index (χ2v) is 5.37. The normalized spacial score (nSPS) is 13.9. The molecule has 1 N–H and O–H groups in total. The fourth-order valence-electron chi connectivity index (χ4n) is 2.23. The van der Waals surface area contributed by atoms with Crippen LogP contribution in [0.4, 0.5) is 5.69 Å². The molecule has 0 aliphatic heterocycles. The van der Waals surface area contributed by atoms with Gasteiger partial charge >= 0.3 is 0 Å². The lowest BCUT2D eigenvalue weighted by Gasteiger charge is -2.21. The van der Waals surface area contributed by atoms with E-state index in [1.54, 1.807) is 12.5 Å². The van der Waals surface area contributed by atoms with E-state index in [2.05, 4.69) is 42.1 Å². The lowest BCUT2D eigenvalue weighted by atomic mass is 9.98. The highest BCUT2D eigenvalue weighted by Crippen LogP contribution is 2.17. The van der Waals surface area contributed by atoms with Crippen molar-refractivity contribution in [2.75, 3.05) is 5.32 Å². The first-order chi connectivity index (χ1) is 9.72. The maximum absolute atomic E-state index is 4.47. The zero-order chi connectivity index (χ0) is 14.4. The van der Waals surface area contributed by atoms with Crippen molar-refractivity contribution >= 4 is 5.69 Å². The number of hydrogen-bond donors (Lipinski definition) is 1. The molecule has 0 aliphatic rings. The Hall–Kier alpha value is -1.84. The first-order valence-electron chi connectivity index (χ1n) is 7.43. The van der Waals surface area contributed by atoms with E-state index < -0.39 is 0 Å². The minimum absolute atomic E-state index is 0.519. The second kappa shape index (κ2) is 7.08. The van der Waals surface area contributed by atoms with Gasteiger partial charge in [0, 0.05) is 18.4 Å². The molecule has 0 amide bonds. The van der Waals surface area contributed by atoms with Crippen molar-refractivity contribution in [3.8, 4) is 5.82 Å². The molecule has 2 unspecified atom stereocenters. The highest BCUT2D eigenvalue weighted by molar-refractivity contribution is 5.44. The van der Waals surface area contributed by atoms with Crippen LogP contribution in [0.3, 0.4) is 0 Å².